The number of benzene rings is 9. The van der Waals surface area contributed by atoms with E-state index >= 15 is 0 Å². The van der Waals surface area contributed by atoms with Gasteiger partial charge in [0.25, 0.3) is 0 Å². The van der Waals surface area contributed by atoms with Crippen molar-refractivity contribution in [1.82, 2.24) is 0 Å². The smallest absolute Gasteiger partial charge is 0.0714 e. The van der Waals surface area contributed by atoms with Crippen LogP contribution in [0, 0.1) is 0 Å². The van der Waals surface area contributed by atoms with Gasteiger partial charge in [0, 0.05) is 16.9 Å². The lowest BCUT2D eigenvalue weighted by atomic mass is 9.63. The minimum atomic E-state index is -0.538. The third kappa shape index (κ3) is 5.98. The normalized spacial score (nSPS) is 15.4. The predicted molar refractivity (Wildman–Crippen MR) is 262 cm³/mol. The maximum absolute atomic E-state index is 2.55. The van der Waals surface area contributed by atoms with Gasteiger partial charge >= 0.3 is 0 Å². The zero-order valence-electron chi connectivity index (χ0n) is 36.1. The van der Waals surface area contributed by atoms with Crippen LogP contribution in [0.25, 0.3) is 44.2 Å². The summed E-state index contributed by atoms with van der Waals surface area (Å²) < 4.78 is 0. The van der Waals surface area contributed by atoms with Crippen molar-refractivity contribution in [2.75, 3.05) is 4.90 Å². The average Bonchev–Trinajstić information content (AvgIpc) is 3.61. The molecule has 2 aliphatic carbocycles. The van der Waals surface area contributed by atoms with Gasteiger partial charge in [-0.1, -0.05) is 204 Å². The highest BCUT2D eigenvalue weighted by Crippen LogP contribution is 2.59. The highest BCUT2D eigenvalue weighted by molar-refractivity contribution is 5.99. The van der Waals surface area contributed by atoms with E-state index in [1.54, 1.807) is 0 Å². The Morgan fingerprint density at radius 3 is 1.61 bits per heavy atom. The van der Waals surface area contributed by atoms with Crippen LogP contribution in [0.5, 0.6) is 0 Å². The van der Waals surface area contributed by atoms with Gasteiger partial charge in [0.15, 0.2) is 0 Å². The van der Waals surface area contributed by atoms with Crippen LogP contribution in [0.1, 0.15) is 73.9 Å². The molecular formula is C61H51N. The van der Waals surface area contributed by atoms with Gasteiger partial charge in [0.2, 0.25) is 0 Å². The minimum absolute atomic E-state index is 0.0662. The van der Waals surface area contributed by atoms with Crippen LogP contribution in [0.4, 0.5) is 17.1 Å². The van der Waals surface area contributed by atoms with Crippen LogP contribution < -0.4 is 4.90 Å². The van der Waals surface area contributed by atoms with Gasteiger partial charge in [-0.3, -0.25) is 0 Å². The monoisotopic (exact) mass is 797 g/mol. The van der Waals surface area contributed by atoms with Crippen molar-refractivity contribution in [2.45, 2.75) is 56.8 Å². The zero-order chi connectivity index (χ0) is 42.1. The van der Waals surface area contributed by atoms with Gasteiger partial charge in [-0.05, 0) is 132 Å². The average molecular weight is 798 g/mol. The van der Waals surface area contributed by atoms with Crippen molar-refractivity contribution < 1.29 is 0 Å². The summed E-state index contributed by atoms with van der Waals surface area (Å²) in [5.74, 6) is 0. The first kappa shape index (κ1) is 38.0. The molecule has 0 bridgehead atoms. The summed E-state index contributed by atoms with van der Waals surface area (Å²) in [7, 11) is 0. The van der Waals surface area contributed by atoms with E-state index in [9.17, 15) is 0 Å². The van der Waals surface area contributed by atoms with Gasteiger partial charge in [-0.2, -0.15) is 0 Å². The van der Waals surface area contributed by atoms with Gasteiger partial charge < -0.3 is 4.90 Å². The van der Waals surface area contributed by atoms with Crippen molar-refractivity contribution in [3.8, 4) is 33.4 Å². The van der Waals surface area contributed by atoms with E-state index in [2.05, 4.69) is 245 Å². The van der Waals surface area contributed by atoms with Gasteiger partial charge in [-0.25, -0.2) is 0 Å². The number of rotatable bonds is 7. The summed E-state index contributed by atoms with van der Waals surface area (Å²) in [4.78, 5) is 2.50. The molecule has 9 aromatic carbocycles. The largest absolute Gasteiger partial charge is 0.310 e. The van der Waals surface area contributed by atoms with Crippen molar-refractivity contribution in [3.05, 3.63) is 246 Å². The summed E-state index contributed by atoms with van der Waals surface area (Å²) in [5.41, 5.74) is 18.6. The summed E-state index contributed by atoms with van der Waals surface area (Å²) in [5, 5.41) is 2.51. The molecule has 1 heteroatoms. The molecule has 0 unspecified atom stereocenters. The molecule has 0 aromatic heterocycles. The van der Waals surface area contributed by atoms with Crippen molar-refractivity contribution in [2.24, 2.45) is 0 Å². The van der Waals surface area contributed by atoms with E-state index < -0.39 is 5.41 Å². The Hall–Kier alpha value is -6.96. The molecule has 0 radical (unpaired) electrons. The van der Waals surface area contributed by atoms with Crippen LogP contribution in [-0.2, 0) is 16.2 Å². The molecule has 11 rings (SSSR count). The molecular weight excluding hydrogens is 747 g/mol. The topological polar surface area (TPSA) is 3.24 Å². The fourth-order valence-electron chi connectivity index (χ4n) is 10.9. The van der Waals surface area contributed by atoms with E-state index in [1.807, 2.05) is 0 Å². The second-order valence-electron chi connectivity index (χ2n) is 18.7. The lowest BCUT2D eigenvalue weighted by molar-refractivity contribution is 0.332. The lowest BCUT2D eigenvalue weighted by Crippen LogP contribution is -2.33. The molecule has 0 fully saturated rings. The molecule has 0 N–H and O–H groups in total. The van der Waals surface area contributed by atoms with Crippen LogP contribution in [0.2, 0.25) is 0 Å². The van der Waals surface area contributed by atoms with Crippen molar-refractivity contribution in [1.29, 1.82) is 0 Å². The number of hydrogen-bond acceptors (Lipinski definition) is 1. The minimum Gasteiger partial charge on any atom is -0.310 e. The maximum Gasteiger partial charge on any atom is 0.0714 e. The fraction of sp³-hybridized carbons (Fsp3) is 0.148. The Morgan fingerprint density at radius 1 is 0.355 bits per heavy atom. The quantitative estimate of drug-likeness (QED) is 0.155. The third-order valence-electron chi connectivity index (χ3n) is 14.2. The van der Waals surface area contributed by atoms with Crippen molar-refractivity contribution >= 4 is 27.8 Å². The van der Waals surface area contributed by atoms with Crippen LogP contribution >= 0.6 is 0 Å². The molecule has 300 valence electrons. The molecule has 0 amide bonds. The first-order valence-corrected chi connectivity index (χ1v) is 22.2. The molecule has 0 spiro atoms. The second kappa shape index (κ2) is 14.6. The van der Waals surface area contributed by atoms with Gasteiger partial charge in [-0.15, -0.1) is 0 Å². The number of nitrogens with zero attached hydrogens (tertiary/aromatic N) is 1. The summed E-state index contributed by atoms with van der Waals surface area (Å²) in [6.07, 6.45) is 2.35. The Balaban J connectivity index is 1.22. The summed E-state index contributed by atoms with van der Waals surface area (Å²) >= 11 is 0. The lowest BCUT2D eigenvalue weighted by Gasteiger charge is -2.42. The zero-order valence-corrected chi connectivity index (χ0v) is 36.1. The van der Waals surface area contributed by atoms with Crippen LogP contribution in [0.15, 0.2) is 212 Å². The number of hydrogen-bond donors (Lipinski definition) is 0. The molecule has 0 saturated heterocycles. The number of fused-ring (bicyclic) bond motifs is 5. The maximum atomic E-state index is 2.55. The van der Waals surface area contributed by atoms with E-state index in [0.717, 1.165) is 23.5 Å². The summed E-state index contributed by atoms with van der Waals surface area (Å²) in [6.45, 7) is 9.72. The van der Waals surface area contributed by atoms with Crippen molar-refractivity contribution in [3.63, 3.8) is 0 Å². The first-order valence-electron chi connectivity index (χ1n) is 22.2. The molecule has 1 nitrogen and oxygen atoms in total. The van der Waals surface area contributed by atoms with Gasteiger partial charge in [0.05, 0.1) is 11.1 Å². The third-order valence-corrected chi connectivity index (χ3v) is 14.2. The molecule has 2 aliphatic rings. The number of anilines is 3. The molecule has 9 aromatic rings. The molecule has 0 saturated carbocycles. The molecule has 0 atom stereocenters. The van der Waals surface area contributed by atoms with E-state index in [4.69, 9.17) is 0 Å². The first-order chi connectivity index (χ1) is 30.2. The van der Waals surface area contributed by atoms with Gasteiger partial charge in [0.1, 0.15) is 0 Å². The Labute approximate surface area is 367 Å². The SMILES string of the molecule is CC1(C)CCC(C)(C)c2cc(-c3cc4c(cc3N(c3ccccc3)c3ccc(-c5cccc6ccccc56)cc3)C(c3ccccc3)(c3ccccc3)c3ccccc3-4)ccc21. The standard InChI is InChI=1S/C61H51N/c1-59(2)37-38-60(3,4)57-39-44(33-36-55(57)59)52-40-53-51-28-16-17-30-54(51)61(45-21-8-5-9-22-45,46-23-10-6-11-24-46)56(53)41-58(52)62(47-25-12-7-13-26-47)48-34-31-43(32-35-48)50-29-18-20-42-19-14-15-27-49(42)50/h5-36,39-41H,37-38H2,1-4H3. The highest BCUT2D eigenvalue weighted by Gasteiger charge is 2.47. The van der Waals surface area contributed by atoms with E-state index in [-0.39, 0.29) is 10.8 Å². The Bertz CT molecular complexity index is 3060. The predicted octanol–water partition coefficient (Wildman–Crippen LogP) is 16.4. The van der Waals surface area contributed by atoms with Crippen LogP contribution in [0.3, 0.4) is 0 Å². The Morgan fingerprint density at radius 2 is 0.903 bits per heavy atom. The van der Waals surface area contributed by atoms with E-state index in [0.29, 0.717) is 0 Å². The molecule has 62 heavy (non-hydrogen) atoms. The molecule has 0 aliphatic heterocycles. The van der Waals surface area contributed by atoms with E-state index in [1.165, 1.54) is 84.0 Å². The van der Waals surface area contributed by atoms with Crippen LogP contribution in [-0.4, -0.2) is 0 Å². The number of para-hydroxylation sites is 1. The second-order valence-corrected chi connectivity index (χ2v) is 18.7. The summed E-state index contributed by atoms with van der Waals surface area (Å²) in [6, 6.07) is 79.4. The molecule has 0 heterocycles. The highest BCUT2D eigenvalue weighted by atomic mass is 15.1. The Kier molecular flexibility index (Phi) is 8.95. The fourth-order valence-corrected chi connectivity index (χ4v) is 10.9.